The van der Waals surface area contributed by atoms with E-state index in [9.17, 15) is 22.8 Å². The highest BCUT2D eigenvalue weighted by Crippen LogP contribution is 2.30. The fourth-order valence-electron chi connectivity index (χ4n) is 2.89. The van der Waals surface area contributed by atoms with Gasteiger partial charge in [0.2, 0.25) is 6.29 Å². The lowest BCUT2D eigenvalue weighted by molar-refractivity contribution is -0.137. The van der Waals surface area contributed by atoms with Gasteiger partial charge in [-0.15, -0.1) is 0 Å². The molecule has 0 saturated carbocycles. The molecular formula is C23H24F3NO5. The Kier molecular flexibility index (Phi) is 8.63. The molecule has 2 aromatic rings. The Labute approximate surface area is 183 Å². The van der Waals surface area contributed by atoms with Crippen LogP contribution in [0.5, 0.6) is 0 Å². The van der Waals surface area contributed by atoms with Crippen LogP contribution in [-0.2, 0) is 20.4 Å². The zero-order valence-corrected chi connectivity index (χ0v) is 18.2. The van der Waals surface area contributed by atoms with Gasteiger partial charge in [-0.1, -0.05) is 12.0 Å². The van der Waals surface area contributed by atoms with Gasteiger partial charge in [-0.2, -0.15) is 13.2 Å². The third-order valence-electron chi connectivity index (χ3n) is 4.34. The van der Waals surface area contributed by atoms with Crippen molar-refractivity contribution in [2.45, 2.75) is 40.2 Å². The quantitative estimate of drug-likeness (QED) is 0.360. The lowest BCUT2D eigenvalue weighted by atomic mass is 10.1. The van der Waals surface area contributed by atoms with Crippen molar-refractivity contribution in [1.82, 2.24) is 4.57 Å². The smallest absolute Gasteiger partial charge is 0.416 e. The Hall–Kier alpha value is -3.09. The number of ether oxygens (including phenoxy) is 3. The Balaban J connectivity index is 2.74. The van der Waals surface area contributed by atoms with E-state index in [4.69, 9.17) is 14.2 Å². The number of hydrogen-bond acceptors (Lipinski definition) is 5. The summed E-state index contributed by atoms with van der Waals surface area (Å²) in [4.78, 5) is 25.4. The van der Waals surface area contributed by atoms with Crippen LogP contribution in [0.4, 0.5) is 13.2 Å². The van der Waals surface area contributed by atoms with E-state index in [1.165, 1.54) is 25.1 Å². The molecule has 6 nitrogen and oxygen atoms in total. The Morgan fingerprint density at radius 2 is 1.75 bits per heavy atom. The predicted molar refractivity (Wildman–Crippen MR) is 112 cm³/mol. The SMILES string of the molecule is CCOC(=O)c1cc(C#CC(OCC)OCC)c(C)n(-c2cccc(C(F)(F)F)c2)c1=O. The summed E-state index contributed by atoms with van der Waals surface area (Å²) in [6.07, 6.45) is -5.44. The van der Waals surface area contributed by atoms with E-state index in [1.54, 1.807) is 20.8 Å². The zero-order valence-electron chi connectivity index (χ0n) is 18.2. The third-order valence-corrected chi connectivity index (χ3v) is 4.34. The lowest BCUT2D eigenvalue weighted by Crippen LogP contribution is -2.29. The van der Waals surface area contributed by atoms with Crippen molar-refractivity contribution in [2.75, 3.05) is 19.8 Å². The van der Waals surface area contributed by atoms with E-state index in [1.807, 2.05) is 0 Å². The van der Waals surface area contributed by atoms with Crippen LogP contribution >= 0.6 is 0 Å². The maximum absolute atomic E-state index is 13.2. The fraction of sp³-hybridized carbons (Fsp3) is 0.391. The van der Waals surface area contributed by atoms with Crippen molar-refractivity contribution >= 4 is 5.97 Å². The van der Waals surface area contributed by atoms with E-state index in [0.717, 1.165) is 16.7 Å². The second-order valence-electron chi connectivity index (χ2n) is 6.48. The molecule has 0 bridgehead atoms. The normalized spacial score (nSPS) is 11.2. The maximum atomic E-state index is 13.2. The van der Waals surface area contributed by atoms with Crippen LogP contribution < -0.4 is 5.56 Å². The standard InChI is InChI=1S/C23H24F3NO5/c1-5-30-20(31-6-2)12-11-16-13-19(22(29)32-7-3)21(28)27(15(16)4)18-10-8-9-17(14-18)23(24,25)26/h8-10,13-14,20H,5-7H2,1-4H3. The van der Waals surface area contributed by atoms with Gasteiger partial charge in [-0.05, 0) is 57.9 Å². The van der Waals surface area contributed by atoms with Crippen LogP contribution in [-0.4, -0.2) is 36.6 Å². The summed E-state index contributed by atoms with van der Waals surface area (Å²) >= 11 is 0. The number of alkyl halides is 3. The van der Waals surface area contributed by atoms with Crippen LogP contribution in [0.1, 0.15) is 48.0 Å². The van der Waals surface area contributed by atoms with Gasteiger partial charge >= 0.3 is 12.1 Å². The molecule has 0 radical (unpaired) electrons. The van der Waals surface area contributed by atoms with E-state index in [-0.39, 0.29) is 29.1 Å². The molecule has 0 atom stereocenters. The Morgan fingerprint density at radius 3 is 2.31 bits per heavy atom. The van der Waals surface area contributed by atoms with Crippen molar-refractivity contribution in [1.29, 1.82) is 0 Å². The minimum atomic E-state index is -4.60. The molecule has 0 aliphatic heterocycles. The number of aromatic nitrogens is 1. The average molecular weight is 451 g/mol. The number of rotatable bonds is 7. The number of benzene rings is 1. The van der Waals surface area contributed by atoms with Crippen LogP contribution in [0.25, 0.3) is 5.69 Å². The Bertz CT molecular complexity index is 1070. The number of nitrogens with zero attached hydrogens (tertiary/aromatic N) is 1. The largest absolute Gasteiger partial charge is 0.462 e. The summed E-state index contributed by atoms with van der Waals surface area (Å²) < 4.78 is 56.3. The first-order valence-electron chi connectivity index (χ1n) is 10.00. The third kappa shape index (κ3) is 5.99. The summed E-state index contributed by atoms with van der Waals surface area (Å²) in [6, 6.07) is 5.53. The van der Waals surface area contributed by atoms with E-state index >= 15 is 0 Å². The van der Waals surface area contributed by atoms with Crippen molar-refractivity contribution in [3.63, 3.8) is 0 Å². The molecule has 0 N–H and O–H groups in total. The molecule has 32 heavy (non-hydrogen) atoms. The van der Waals surface area contributed by atoms with Gasteiger partial charge in [0.25, 0.3) is 5.56 Å². The van der Waals surface area contributed by atoms with Crippen LogP contribution in [0, 0.1) is 18.8 Å². The van der Waals surface area contributed by atoms with Crippen molar-refractivity contribution < 1.29 is 32.2 Å². The van der Waals surface area contributed by atoms with Gasteiger partial charge in [-0.25, -0.2) is 4.79 Å². The van der Waals surface area contributed by atoms with E-state index in [2.05, 4.69) is 11.8 Å². The first-order valence-corrected chi connectivity index (χ1v) is 10.00. The van der Waals surface area contributed by atoms with Crippen molar-refractivity contribution in [3.8, 4) is 17.5 Å². The molecule has 1 aromatic heterocycles. The first kappa shape index (κ1) is 25.2. The van der Waals surface area contributed by atoms with Gasteiger partial charge < -0.3 is 14.2 Å². The van der Waals surface area contributed by atoms with Crippen LogP contribution in [0.2, 0.25) is 0 Å². The number of carbonyl (C=O) groups excluding carboxylic acids is 1. The highest BCUT2D eigenvalue weighted by molar-refractivity contribution is 5.89. The molecule has 0 fully saturated rings. The highest BCUT2D eigenvalue weighted by atomic mass is 19.4. The van der Waals surface area contributed by atoms with Crippen LogP contribution in [0.3, 0.4) is 0 Å². The van der Waals surface area contributed by atoms with Gasteiger partial charge in [0.1, 0.15) is 5.56 Å². The molecule has 1 heterocycles. The molecule has 0 unspecified atom stereocenters. The maximum Gasteiger partial charge on any atom is 0.416 e. The monoisotopic (exact) mass is 451 g/mol. The summed E-state index contributed by atoms with van der Waals surface area (Å²) in [5.41, 5.74) is -1.64. The molecule has 9 heteroatoms. The number of halogens is 3. The van der Waals surface area contributed by atoms with Crippen LogP contribution in [0.15, 0.2) is 35.1 Å². The fourth-order valence-corrected chi connectivity index (χ4v) is 2.89. The molecule has 0 aliphatic rings. The number of carbonyl (C=O) groups is 1. The molecule has 172 valence electrons. The van der Waals surface area contributed by atoms with E-state index < -0.39 is 29.6 Å². The number of esters is 1. The number of pyridine rings is 1. The van der Waals surface area contributed by atoms with Gasteiger partial charge in [-0.3, -0.25) is 9.36 Å². The molecular weight excluding hydrogens is 427 g/mol. The number of hydrogen-bond donors (Lipinski definition) is 0. The summed E-state index contributed by atoms with van der Waals surface area (Å²) in [5.74, 6) is 4.69. The second-order valence-corrected chi connectivity index (χ2v) is 6.48. The van der Waals surface area contributed by atoms with Gasteiger partial charge in [0.05, 0.1) is 12.2 Å². The molecule has 1 aromatic carbocycles. The minimum absolute atomic E-state index is 0.0213. The summed E-state index contributed by atoms with van der Waals surface area (Å²) in [7, 11) is 0. The lowest BCUT2D eigenvalue weighted by Gasteiger charge is -2.16. The van der Waals surface area contributed by atoms with E-state index in [0.29, 0.717) is 13.2 Å². The Morgan fingerprint density at radius 1 is 1.09 bits per heavy atom. The molecule has 0 spiro atoms. The topological polar surface area (TPSA) is 66.8 Å². The second kappa shape index (κ2) is 11.0. The molecule has 2 rings (SSSR count). The molecule has 0 saturated heterocycles. The first-order chi connectivity index (χ1) is 15.1. The summed E-state index contributed by atoms with van der Waals surface area (Å²) in [6.45, 7) is 7.35. The zero-order chi connectivity index (χ0) is 23.9. The molecule has 0 aliphatic carbocycles. The minimum Gasteiger partial charge on any atom is -0.462 e. The van der Waals surface area contributed by atoms with Crippen molar-refractivity contribution in [3.05, 3.63) is 63.1 Å². The van der Waals surface area contributed by atoms with Gasteiger partial charge in [0.15, 0.2) is 0 Å². The average Bonchev–Trinajstić information content (AvgIpc) is 2.73. The summed E-state index contributed by atoms with van der Waals surface area (Å²) in [5, 5.41) is 0. The highest BCUT2D eigenvalue weighted by Gasteiger charge is 2.31. The van der Waals surface area contributed by atoms with Crippen molar-refractivity contribution in [2.24, 2.45) is 0 Å². The van der Waals surface area contributed by atoms with Gasteiger partial charge in [0, 0.05) is 30.2 Å². The predicted octanol–water partition coefficient (Wildman–Crippen LogP) is 4.09. The molecule has 0 amide bonds.